The van der Waals surface area contributed by atoms with Crippen molar-refractivity contribution in [1.82, 2.24) is 41.2 Å². The molecule has 26 N–H and O–H groups in total. The highest BCUT2D eigenvalue weighted by molar-refractivity contribution is 7.80. The first-order chi connectivity index (χ1) is 45.0. The highest BCUT2D eigenvalue weighted by atomic mass is 32.1. The number of nitrogens with zero attached hydrogens (tertiary/aromatic N) is 3. The summed E-state index contributed by atoms with van der Waals surface area (Å²) in [5.41, 5.74) is 5.45. The van der Waals surface area contributed by atoms with Gasteiger partial charge in [-0.25, -0.2) is 14.8 Å². The van der Waals surface area contributed by atoms with Crippen LogP contribution in [0.15, 0.2) is 35.3 Å². The third-order valence-corrected chi connectivity index (χ3v) is 15.3. The number of aromatic nitrogens is 4. The summed E-state index contributed by atoms with van der Waals surface area (Å²) < 4.78 is 0. The lowest BCUT2D eigenvalue weighted by Gasteiger charge is -2.33. The summed E-state index contributed by atoms with van der Waals surface area (Å²) in [5, 5.41) is 195. The van der Waals surface area contributed by atoms with Crippen molar-refractivity contribution in [3.63, 3.8) is 0 Å². The number of carbonyl (C=O) groups excluding carboxylic acids is 8. The fourth-order valence-electron chi connectivity index (χ4n) is 9.04. The zero-order valence-corrected chi connectivity index (χ0v) is 51.4. The first kappa shape index (κ1) is 82.5. The monoisotopic (exact) mass is 1390 g/mol. The fraction of sp³-hybridized carbons (Fsp3) is 0.571. The summed E-state index contributed by atoms with van der Waals surface area (Å²) in [6.07, 6.45) is -35.4. The molecule has 2 aromatic heterocycles. The molecule has 0 bridgehead atoms. The molecule has 4 unspecified atom stereocenters. The number of hydrogen-bond acceptors (Lipinski definition) is 33. The minimum Gasteiger partial charge on any atom is -0.481 e. The quantitative estimate of drug-likeness (QED) is 0.0234. The Bertz CT molecular complexity index is 3210. The molecule has 532 valence electrons. The van der Waals surface area contributed by atoms with E-state index in [4.69, 9.17) is 19.6 Å². The van der Waals surface area contributed by atoms with Gasteiger partial charge in [0.2, 0.25) is 23.7 Å². The van der Waals surface area contributed by atoms with Crippen molar-refractivity contribution in [3.8, 4) is 0 Å². The number of aliphatic hydroxyl groups excluding tert-OH is 16. The number of carbonyl (C=O) groups is 10. The number of carboxylic acid groups (broad SMARTS) is 2. The number of fused-ring (bicyclic) bond motifs is 1. The molecule has 1 aromatic carbocycles. The second-order valence-electron chi connectivity index (χ2n) is 22.0. The zero-order valence-electron chi connectivity index (χ0n) is 50.5. The number of rotatable bonds is 44. The van der Waals surface area contributed by atoms with Crippen molar-refractivity contribution >= 4 is 94.1 Å². The molecule has 20 atom stereocenters. The number of nitrogens with two attached hydrogens (primary N) is 1. The fourth-order valence-corrected chi connectivity index (χ4v) is 9.33. The van der Waals surface area contributed by atoms with Gasteiger partial charge in [-0.05, 0) is 44.5 Å². The first-order valence-electron chi connectivity index (χ1n) is 28.8. The van der Waals surface area contributed by atoms with Crippen LogP contribution >= 0.6 is 12.6 Å². The predicted octanol–water partition coefficient (Wildman–Crippen LogP) is -11.6. The number of ketones is 4. The molecular weight excluding hydrogens is 1310 g/mol. The lowest BCUT2D eigenvalue weighted by Crippen LogP contribution is -2.60. The number of nitrogens with one attached hydrogen (secondary N) is 6. The van der Waals surface area contributed by atoms with Gasteiger partial charge < -0.3 is 124 Å². The number of carboxylic acids is 2. The van der Waals surface area contributed by atoms with E-state index in [0.29, 0.717) is 11.4 Å². The molecular formula is C56H78N10O29S. The highest BCUT2D eigenvalue weighted by Gasteiger charge is 2.45. The first-order valence-corrected chi connectivity index (χ1v) is 29.5. The summed E-state index contributed by atoms with van der Waals surface area (Å²) in [7, 11) is 0. The summed E-state index contributed by atoms with van der Waals surface area (Å²) in [4.78, 5) is 160. The van der Waals surface area contributed by atoms with Gasteiger partial charge in [0.05, 0.1) is 80.9 Å². The topological polar surface area (TPSA) is 693 Å². The van der Waals surface area contributed by atoms with Gasteiger partial charge in [0.1, 0.15) is 84.9 Å². The second-order valence-corrected chi connectivity index (χ2v) is 22.4. The molecule has 40 heteroatoms. The van der Waals surface area contributed by atoms with E-state index in [9.17, 15) is 145 Å². The van der Waals surface area contributed by atoms with E-state index in [1.165, 1.54) is 30.5 Å². The lowest BCUT2D eigenvalue weighted by molar-refractivity contribution is -0.149. The minimum atomic E-state index is -2.81. The SMILES string of the molecule is [CH][C@H](CC(=O)[C@@H](NC(=O)C(CC(=O)[C@H]([CH])NC(=O)C(CC(=O)CC[C@H](NC(=O)c1ccc(NCc2cnc3nc(N)[nH]c(=O)c3n2)cc1)C(=O)O)C(O)[C@H](O)[C@H](O)CO)C(O)[C@H](O)[C@H](O)CO)[C@@H](O)[C@H](O)[C@H](O)CO)C(=O)N[C@H](C(=O)C[C@@H](CS)C(=O)O)[C@@H](O)[C@H](O)[C@H](O)CO. The van der Waals surface area contributed by atoms with Gasteiger partial charge in [-0.1, -0.05) is 0 Å². The molecule has 0 aliphatic carbocycles. The van der Waals surface area contributed by atoms with E-state index >= 15 is 0 Å². The van der Waals surface area contributed by atoms with Crippen LogP contribution in [0.5, 0.6) is 0 Å². The molecule has 4 radical (unpaired) electrons. The Balaban J connectivity index is 1.88. The van der Waals surface area contributed by atoms with Crippen LogP contribution in [0.4, 0.5) is 11.6 Å². The average Bonchev–Trinajstić information content (AvgIpc) is 0.880. The molecule has 2 heterocycles. The van der Waals surface area contributed by atoms with Gasteiger partial charge in [0.15, 0.2) is 28.5 Å². The predicted molar refractivity (Wildman–Crippen MR) is 323 cm³/mol. The number of aliphatic hydroxyl groups is 16. The summed E-state index contributed by atoms with van der Waals surface area (Å²) in [5.74, 6) is -24.5. The molecule has 4 amide bonds. The van der Waals surface area contributed by atoms with E-state index in [1.54, 1.807) is 5.32 Å². The number of thiol groups is 1. The summed E-state index contributed by atoms with van der Waals surface area (Å²) in [6.45, 7) is 6.67. The molecule has 3 aromatic rings. The van der Waals surface area contributed by atoms with Gasteiger partial charge in [-0.2, -0.15) is 17.6 Å². The number of nitrogen functional groups attached to an aromatic ring is 1. The van der Waals surface area contributed by atoms with E-state index in [0.717, 1.165) is 0 Å². The van der Waals surface area contributed by atoms with Crippen LogP contribution in [0.2, 0.25) is 0 Å². The van der Waals surface area contributed by atoms with Crippen molar-refractivity contribution in [2.75, 3.05) is 43.2 Å². The van der Waals surface area contributed by atoms with Crippen LogP contribution in [0.25, 0.3) is 11.2 Å². The maximum atomic E-state index is 14.2. The lowest BCUT2D eigenvalue weighted by atomic mass is 9.86. The number of H-pyrrole nitrogens is 1. The minimum absolute atomic E-state index is 0.000765. The molecule has 0 aliphatic rings. The molecule has 0 aliphatic heterocycles. The number of anilines is 2. The molecule has 0 saturated carbocycles. The number of amides is 4. The highest BCUT2D eigenvalue weighted by Crippen LogP contribution is 2.24. The number of hydrogen-bond donors (Lipinski definition) is 26. The zero-order chi connectivity index (χ0) is 72.7. The Kier molecular flexibility index (Phi) is 33.4. The van der Waals surface area contributed by atoms with Crippen LogP contribution in [-0.2, 0) is 49.7 Å². The maximum Gasteiger partial charge on any atom is 0.326 e. The van der Waals surface area contributed by atoms with Crippen molar-refractivity contribution in [1.29, 1.82) is 0 Å². The Hall–Kier alpha value is -7.75. The molecule has 0 saturated heterocycles. The Morgan fingerprint density at radius 2 is 1.03 bits per heavy atom. The van der Waals surface area contributed by atoms with E-state index < -0.39 is 256 Å². The van der Waals surface area contributed by atoms with Gasteiger partial charge in [0.25, 0.3) is 11.5 Å². The summed E-state index contributed by atoms with van der Waals surface area (Å²) in [6, 6.07) is -3.96. The van der Waals surface area contributed by atoms with Gasteiger partial charge in [-0.3, -0.25) is 52.9 Å². The van der Waals surface area contributed by atoms with Crippen molar-refractivity contribution in [2.45, 2.75) is 142 Å². The van der Waals surface area contributed by atoms with E-state index in [1.807, 2.05) is 10.6 Å². The van der Waals surface area contributed by atoms with Crippen molar-refractivity contribution < 1.29 is 140 Å². The Morgan fingerprint density at radius 1 is 0.562 bits per heavy atom. The average molecular weight is 1390 g/mol. The largest absolute Gasteiger partial charge is 0.481 e. The Morgan fingerprint density at radius 3 is 1.51 bits per heavy atom. The smallest absolute Gasteiger partial charge is 0.326 e. The number of Topliss-reactive ketones (excluding diaryl/α,β-unsaturated/α-hetero) is 4. The Labute approximate surface area is 548 Å². The summed E-state index contributed by atoms with van der Waals surface area (Å²) >= 11 is 3.82. The number of benzene rings is 1. The van der Waals surface area contributed by atoms with Crippen molar-refractivity contribution in [2.24, 2.45) is 23.7 Å². The molecule has 96 heavy (non-hydrogen) atoms. The molecule has 39 nitrogen and oxygen atoms in total. The van der Waals surface area contributed by atoms with E-state index in [2.05, 4.69) is 43.2 Å². The van der Waals surface area contributed by atoms with Gasteiger partial charge in [-0.15, -0.1) is 0 Å². The third-order valence-electron chi connectivity index (χ3n) is 14.9. The molecule has 3 rings (SSSR count). The van der Waals surface area contributed by atoms with Crippen LogP contribution < -0.4 is 37.9 Å². The number of aliphatic carboxylic acids is 2. The van der Waals surface area contributed by atoms with Crippen molar-refractivity contribution in [3.05, 3.63) is 65.9 Å². The molecule has 0 spiro atoms. The van der Waals surface area contributed by atoms with Gasteiger partial charge >= 0.3 is 11.9 Å². The van der Waals surface area contributed by atoms with Crippen LogP contribution in [0.3, 0.4) is 0 Å². The number of aromatic amines is 1. The van der Waals surface area contributed by atoms with Gasteiger partial charge in [0, 0.05) is 55.0 Å². The third kappa shape index (κ3) is 23.5. The maximum absolute atomic E-state index is 14.2. The van der Waals surface area contributed by atoms with Crippen LogP contribution in [0, 0.1) is 37.5 Å². The van der Waals surface area contributed by atoms with E-state index in [-0.39, 0.29) is 29.2 Å². The van der Waals surface area contributed by atoms with Crippen LogP contribution in [0.1, 0.15) is 54.6 Å². The van der Waals surface area contributed by atoms with Crippen LogP contribution in [-0.4, -0.2) is 300 Å². The molecule has 0 fully saturated rings. The normalized spacial score (nSPS) is 18.0. The standard InChI is InChI=1S/C56H78N10O29S/c1-20(49(87)63-38(47(86)45(84)36(78)18-70)32(74)10-23(19-96)54(92)93)9-31(73)37(46(85)44(83)35(77)17-69)64-52(90)28(41(80)43(82)34(76)16-68)12-30(72)21(2)60-51(89)27(40(79)42(81)33(75)15-67)11-26(71)7-8-29(55(94)95)62-50(88)22-3-5-24(6-4-22)58-13-25-14-59-48-39(61-25)53(91)66-56(57)65-48/h1-6,14,20-21,23,27-29,33-38,40-47,58,67-70,75-86,96H,7-13,15-19H2,(H,60,89)(H,62,88)(H,63,87)(H,64,90)(H,92,93)(H,94,95)(H3,57,59,65,66,91)/t20-,21+,23+,27?,28?,29+,33-,34-,35-,36-,37-,38-,40?,41?,42-,43-,44-,45-,46-,47-/m1/s1. The second kappa shape index (κ2) is 38.9.